The van der Waals surface area contributed by atoms with Crippen molar-refractivity contribution in [3.05, 3.63) is 48.0 Å². The first kappa shape index (κ1) is 24.0. The molecule has 1 N–H and O–H groups in total. The van der Waals surface area contributed by atoms with Crippen molar-refractivity contribution in [1.82, 2.24) is 0 Å². The number of ether oxygens (including phenoxy) is 1. The number of unbranched alkanes of at least 4 members (excludes halogenated alkanes) is 5. The molecule has 0 bridgehead atoms. The largest absolute Gasteiger partial charge is 1.00 e. The van der Waals surface area contributed by atoms with Crippen molar-refractivity contribution in [2.75, 3.05) is 0 Å². The SMILES string of the molecule is CCCCCCCCc1cc(Oc2ccccc2)c(S(=O)(=O)O)cc1[O-].[Na+]. The Balaban J connectivity index is 0.00000364. The third kappa shape index (κ3) is 7.84. The van der Waals surface area contributed by atoms with Gasteiger partial charge in [0.05, 0.1) is 0 Å². The standard InChI is InChI=1S/C20H26O5S.Na/c1-2-3-4-5-6-8-11-16-14-19(25-17-12-9-7-10-13-17)20(15-18(16)21)26(22,23)24;/h7,9-10,12-15,21H,2-6,8,11H2,1H3,(H,22,23,24);/q;+1/p-1. The van der Waals surface area contributed by atoms with Crippen LogP contribution < -0.4 is 39.4 Å². The third-order valence-corrected chi connectivity index (χ3v) is 5.05. The zero-order valence-corrected chi connectivity index (χ0v) is 18.8. The van der Waals surface area contributed by atoms with E-state index in [4.69, 9.17) is 4.74 Å². The van der Waals surface area contributed by atoms with Gasteiger partial charge in [0, 0.05) is 0 Å². The molecule has 0 aliphatic heterocycles. The van der Waals surface area contributed by atoms with Gasteiger partial charge in [-0.25, -0.2) is 0 Å². The Hall–Kier alpha value is -1.05. The summed E-state index contributed by atoms with van der Waals surface area (Å²) in [5.41, 5.74) is 0.499. The Kier molecular flexibility index (Phi) is 10.4. The summed E-state index contributed by atoms with van der Waals surface area (Å²) in [6, 6.07) is 11.0. The topological polar surface area (TPSA) is 86.7 Å². The van der Waals surface area contributed by atoms with E-state index in [1.54, 1.807) is 30.3 Å². The molecule has 0 amide bonds. The van der Waals surface area contributed by atoms with Gasteiger partial charge in [0.25, 0.3) is 10.1 Å². The first-order chi connectivity index (χ1) is 12.4. The van der Waals surface area contributed by atoms with E-state index in [-0.39, 0.29) is 35.3 Å². The summed E-state index contributed by atoms with van der Waals surface area (Å²) in [6.45, 7) is 2.16. The summed E-state index contributed by atoms with van der Waals surface area (Å²) in [7, 11) is -4.55. The van der Waals surface area contributed by atoms with Crippen LogP contribution in [0.25, 0.3) is 0 Å². The summed E-state index contributed by atoms with van der Waals surface area (Å²) < 4.78 is 38.2. The average molecular weight is 400 g/mol. The van der Waals surface area contributed by atoms with Crippen LogP contribution in [-0.4, -0.2) is 13.0 Å². The van der Waals surface area contributed by atoms with Crippen molar-refractivity contribution >= 4 is 10.1 Å². The maximum atomic E-state index is 12.2. The summed E-state index contributed by atoms with van der Waals surface area (Å²) in [6.07, 6.45) is 7.14. The second-order valence-corrected chi connectivity index (χ2v) is 7.70. The van der Waals surface area contributed by atoms with Gasteiger partial charge in [-0.3, -0.25) is 4.55 Å². The fraction of sp³-hybridized carbons (Fsp3) is 0.400. The van der Waals surface area contributed by atoms with Crippen molar-refractivity contribution in [1.29, 1.82) is 0 Å². The molecule has 0 aliphatic carbocycles. The van der Waals surface area contributed by atoms with E-state index in [1.165, 1.54) is 25.3 Å². The minimum atomic E-state index is -4.55. The van der Waals surface area contributed by atoms with Crippen LogP contribution in [0.3, 0.4) is 0 Å². The van der Waals surface area contributed by atoms with E-state index in [0.29, 0.717) is 17.7 Å². The fourth-order valence-corrected chi connectivity index (χ4v) is 3.38. The zero-order valence-electron chi connectivity index (χ0n) is 16.0. The predicted molar refractivity (Wildman–Crippen MR) is 99.3 cm³/mol. The molecule has 0 fully saturated rings. The molecule has 0 aromatic heterocycles. The van der Waals surface area contributed by atoms with Gasteiger partial charge in [-0.15, -0.1) is 5.75 Å². The minimum Gasteiger partial charge on any atom is -0.872 e. The Morgan fingerprint density at radius 3 is 2.26 bits per heavy atom. The van der Waals surface area contributed by atoms with Crippen LogP contribution in [0.5, 0.6) is 17.2 Å². The molecule has 5 nitrogen and oxygen atoms in total. The molecule has 0 unspecified atom stereocenters. The molecule has 0 heterocycles. The van der Waals surface area contributed by atoms with E-state index < -0.39 is 20.8 Å². The number of rotatable bonds is 10. The first-order valence-corrected chi connectivity index (χ1v) is 10.4. The molecule has 2 aromatic rings. The molecule has 0 radical (unpaired) electrons. The first-order valence-electron chi connectivity index (χ1n) is 8.96. The molecule has 27 heavy (non-hydrogen) atoms. The molecule has 0 spiro atoms. The molecular formula is C20H25NaO5S. The van der Waals surface area contributed by atoms with E-state index in [9.17, 15) is 18.1 Å². The van der Waals surface area contributed by atoms with Gasteiger partial charge in [0.1, 0.15) is 16.4 Å². The maximum Gasteiger partial charge on any atom is 1.00 e. The van der Waals surface area contributed by atoms with Crippen molar-refractivity contribution in [2.45, 2.75) is 56.8 Å². The molecule has 142 valence electrons. The van der Waals surface area contributed by atoms with E-state index in [1.807, 2.05) is 0 Å². The van der Waals surface area contributed by atoms with Crippen LogP contribution >= 0.6 is 0 Å². The number of aryl methyl sites for hydroxylation is 1. The molecule has 2 aromatic carbocycles. The molecule has 0 saturated carbocycles. The average Bonchev–Trinajstić information content (AvgIpc) is 2.60. The number of hydrogen-bond donors (Lipinski definition) is 1. The Morgan fingerprint density at radius 1 is 1.00 bits per heavy atom. The second-order valence-electron chi connectivity index (χ2n) is 6.31. The molecule has 0 saturated heterocycles. The summed E-state index contributed by atoms with van der Waals surface area (Å²) in [4.78, 5) is -0.502. The van der Waals surface area contributed by atoms with Crippen LogP contribution in [0.15, 0.2) is 47.4 Å². The normalized spacial score (nSPS) is 11.0. The van der Waals surface area contributed by atoms with Gasteiger partial charge in [-0.05, 0) is 37.1 Å². The summed E-state index contributed by atoms with van der Waals surface area (Å²) in [5, 5.41) is 12.2. The van der Waals surface area contributed by atoms with Crippen LogP contribution in [0.1, 0.15) is 51.0 Å². The van der Waals surface area contributed by atoms with E-state index in [0.717, 1.165) is 25.3 Å². The van der Waals surface area contributed by atoms with Crippen molar-refractivity contribution < 1.29 is 52.4 Å². The van der Waals surface area contributed by atoms with Crippen LogP contribution in [0.4, 0.5) is 0 Å². The number of hydrogen-bond acceptors (Lipinski definition) is 4. The van der Waals surface area contributed by atoms with E-state index >= 15 is 0 Å². The minimum absolute atomic E-state index is 0. The predicted octanol–water partition coefficient (Wildman–Crippen LogP) is 1.71. The molecule has 7 heteroatoms. The molecule has 2 rings (SSSR count). The van der Waals surface area contributed by atoms with Gasteiger partial charge in [0.15, 0.2) is 0 Å². The Morgan fingerprint density at radius 2 is 1.63 bits per heavy atom. The zero-order chi connectivity index (χ0) is 19.0. The molecular weight excluding hydrogens is 375 g/mol. The van der Waals surface area contributed by atoms with Crippen molar-refractivity contribution in [3.63, 3.8) is 0 Å². The van der Waals surface area contributed by atoms with Gasteiger partial charge in [-0.1, -0.05) is 62.8 Å². The van der Waals surface area contributed by atoms with Gasteiger partial charge in [0.2, 0.25) is 0 Å². The summed E-state index contributed by atoms with van der Waals surface area (Å²) in [5.74, 6) is 0.00689. The number of benzene rings is 2. The second kappa shape index (κ2) is 11.7. The number of para-hydroxylation sites is 1. The van der Waals surface area contributed by atoms with Crippen LogP contribution in [0, 0.1) is 0 Å². The summed E-state index contributed by atoms with van der Waals surface area (Å²) >= 11 is 0. The van der Waals surface area contributed by atoms with Gasteiger partial charge >= 0.3 is 29.6 Å². The van der Waals surface area contributed by atoms with Crippen LogP contribution in [-0.2, 0) is 16.5 Å². The quantitative estimate of drug-likeness (QED) is 0.373. The maximum absolute atomic E-state index is 12.2. The third-order valence-electron chi connectivity index (χ3n) is 4.18. The van der Waals surface area contributed by atoms with Crippen LogP contribution in [0.2, 0.25) is 0 Å². The van der Waals surface area contributed by atoms with Gasteiger partial charge in [-0.2, -0.15) is 8.42 Å². The Labute approximate surface area is 183 Å². The smallest absolute Gasteiger partial charge is 0.872 e. The van der Waals surface area contributed by atoms with E-state index in [2.05, 4.69) is 6.92 Å². The van der Waals surface area contributed by atoms with Gasteiger partial charge < -0.3 is 9.84 Å². The van der Waals surface area contributed by atoms with Crippen molar-refractivity contribution in [2.24, 2.45) is 0 Å². The monoisotopic (exact) mass is 400 g/mol. The molecule has 0 aliphatic rings. The van der Waals surface area contributed by atoms with Crippen molar-refractivity contribution in [3.8, 4) is 17.2 Å². The fourth-order valence-electron chi connectivity index (χ4n) is 2.77. The molecule has 0 atom stereocenters. The Bertz CT molecular complexity index is 807.